The molecule has 24 heavy (non-hydrogen) atoms. The summed E-state index contributed by atoms with van der Waals surface area (Å²) in [6.45, 7) is 3.65. The number of ether oxygens (including phenoxy) is 1. The number of carbonyl (C=O) groups is 1. The Morgan fingerprint density at radius 1 is 1.38 bits per heavy atom. The van der Waals surface area contributed by atoms with Crippen molar-refractivity contribution >= 4 is 17.5 Å². The van der Waals surface area contributed by atoms with E-state index in [9.17, 15) is 4.79 Å². The van der Waals surface area contributed by atoms with Crippen molar-refractivity contribution in [2.75, 3.05) is 19.7 Å². The summed E-state index contributed by atoms with van der Waals surface area (Å²) in [5, 5.41) is 8.45. The standard InChI is InChI=1S/C16H20ClN5O2/c1-3-24-13-5-4-12(17)14(19-13)16(23)22-8-6-11(7-9-22)15-20-18-10-21(15)2/h4-5,10-11H,3,6-9H2,1-2H3. The number of carbonyl (C=O) groups excluding carboxylic acids is 1. The Bertz CT molecular complexity index is 725. The second-order valence-electron chi connectivity index (χ2n) is 5.78. The zero-order valence-electron chi connectivity index (χ0n) is 13.8. The Labute approximate surface area is 145 Å². The average Bonchev–Trinajstić information content (AvgIpc) is 3.02. The Balaban J connectivity index is 1.69. The lowest BCUT2D eigenvalue weighted by molar-refractivity contribution is 0.0703. The lowest BCUT2D eigenvalue weighted by Crippen LogP contribution is -2.38. The van der Waals surface area contributed by atoms with Gasteiger partial charge in [-0.1, -0.05) is 11.6 Å². The molecular weight excluding hydrogens is 330 g/mol. The van der Waals surface area contributed by atoms with Gasteiger partial charge in [0, 0.05) is 32.1 Å². The zero-order chi connectivity index (χ0) is 17.1. The van der Waals surface area contributed by atoms with Gasteiger partial charge >= 0.3 is 0 Å². The second kappa shape index (κ2) is 7.17. The molecule has 1 amide bonds. The van der Waals surface area contributed by atoms with E-state index in [2.05, 4.69) is 15.2 Å². The molecule has 3 rings (SSSR count). The van der Waals surface area contributed by atoms with Crippen molar-refractivity contribution in [2.45, 2.75) is 25.7 Å². The Kier molecular flexibility index (Phi) is 4.99. The van der Waals surface area contributed by atoms with Crippen molar-refractivity contribution in [1.29, 1.82) is 0 Å². The van der Waals surface area contributed by atoms with Gasteiger partial charge in [0.2, 0.25) is 5.88 Å². The van der Waals surface area contributed by atoms with Crippen LogP contribution in [0.3, 0.4) is 0 Å². The first-order chi connectivity index (χ1) is 11.6. The molecule has 2 aromatic heterocycles. The first-order valence-electron chi connectivity index (χ1n) is 8.02. The molecule has 8 heteroatoms. The molecule has 0 N–H and O–H groups in total. The maximum absolute atomic E-state index is 12.7. The summed E-state index contributed by atoms with van der Waals surface area (Å²) < 4.78 is 7.30. The van der Waals surface area contributed by atoms with Crippen LogP contribution in [0.5, 0.6) is 5.88 Å². The monoisotopic (exact) mass is 349 g/mol. The first kappa shape index (κ1) is 16.7. The predicted octanol–water partition coefficient (Wildman–Crippen LogP) is 2.28. The molecule has 0 spiro atoms. The fourth-order valence-corrected chi connectivity index (χ4v) is 3.14. The van der Waals surface area contributed by atoms with Gasteiger partial charge < -0.3 is 14.2 Å². The van der Waals surface area contributed by atoms with E-state index in [0.717, 1.165) is 18.7 Å². The lowest BCUT2D eigenvalue weighted by atomic mass is 9.95. The van der Waals surface area contributed by atoms with Gasteiger partial charge in [-0.3, -0.25) is 4.79 Å². The highest BCUT2D eigenvalue weighted by atomic mass is 35.5. The smallest absolute Gasteiger partial charge is 0.274 e. The Morgan fingerprint density at radius 3 is 2.75 bits per heavy atom. The number of amides is 1. The SMILES string of the molecule is CCOc1ccc(Cl)c(C(=O)N2CCC(c3nncn3C)CC2)n1. The molecule has 1 saturated heterocycles. The highest BCUT2D eigenvalue weighted by Gasteiger charge is 2.28. The Morgan fingerprint density at radius 2 is 2.12 bits per heavy atom. The number of hydrogen-bond acceptors (Lipinski definition) is 5. The van der Waals surface area contributed by atoms with Crippen LogP contribution in [-0.2, 0) is 7.05 Å². The summed E-state index contributed by atoms with van der Waals surface area (Å²) in [5.74, 6) is 1.55. The minimum Gasteiger partial charge on any atom is -0.478 e. The fraction of sp³-hybridized carbons (Fsp3) is 0.500. The number of pyridine rings is 1. The molecule has 0 atom stereocenters. The molecule has 0 bridgehead atoms. The summed E-state index contributed by atoms with van der Waals surface area (Å²) in [7, 11) is 1.94. The topological polar surface area (TPSA) is 73.1 Å². The van der Waals surface area contributed by atoms with Crippen molar-refractivity contribution < 1.29 is 9.53 Å². The van der Waals surface area contributed by atoms with Gasteiger partial charge in [-0.15, -0.1) is 10.2 Å². The van der Waals surface area contributed by atoms with E-state index in [4.69, 9.17) is 16.3 Å². The van der Waals surface area contributed by atoms with Crippen LogP contribution in [0.2, 0.25) is 5.02 Å². The van der Waals surface area contributed by atoms with Gasteiger partial charge in [0.05, 0.1) is 11.6 Å². The molecule has 7 nitrogen and oxygen atoms in total. The molecule has 0 unspecified atom stereocenters. The minimum absolute atomic E-state index is 0.155. The molecule has 3 heterocycles. The number of piperidine rings is 1. The third kappa shape index (κ3) is 3.36. The van der Waals surface area contributed by atoms with Crippen molar-refractivity contribution in [3.05, 3.63) is 35.0 Å². The fourth-order valence-electron chi connectivity index (χ4n) is 2.95. The normalized spacial score (nSPS) is 15.5. The molecular formula is C16H20ClN5O2. The first-order valence-corrected chi connectivity index (χ1v) is 8.40. The van der Waals surface area contributed by atoms with E-state index in [1.54, 1.807) is 23.4 Å². The molecule has 0 aromatic carbocycles. The van der Waals surface area contributed by atoms with E-state index < -0.39 is 0 Å². The lowest BCUT2D eigenvalue weighted by Gasteiger charge is -2.31. The number of halogens is 1. The molecule has 1 aliphatic rings. The van der Waals surface area contributed by atoms with E-state index in [1.807, 2.05) is 18.5 Å². The summed E-state index contributed by atoms with van der Waals surface area (Å²) >= 11 is 6.15. The minimum atomic E-state index is -0.155. The predicted molar refractivity (Wildman–Crippen MR) is 89.3 cm³/mol. The summed E-state index contributed by atoms with van der Waals surface area (Å²) in [4.78, 5) is 18.8. The largest absolute Gasteiger partial charge is 0.478 e. The summed E-state index contributed by atoms with van der Waals surface area (Å²) in [6.07, 6.45) is 3.40. The van der Waals surface area contributed by atoms with Crippen LogP contribution in [0.4, 0.5) is 0 Å². The number of hydrogen-bond donors (Lipinski definition) is 0. The maximum atomic E-state index is 12.7. The van der Waals surface area contributed by atoms with Crippen LogP contribution in [0.1, 0.15) is 42.0 Å². The van der Waals surface area contributed by atoms with E-state index in [1.165, 1.54) is 0 Å². The Hall–Kier alpha value is -2.15. The van der Waals surface area contributed by atoms with Crippen LogP contribution in [0.15, 0.2) is 18.5 Å². The quantitative estimate of drug-likeness (QED) is 0.846. The molecule has 128 valence electrons. The second-order valence-corrected chi connectivity index (χ2v) is 6.19. The van der Waals surface area contributed by atoms with Crippen LogP contribution >= 0.6 is 11.6 Å². The van der Waals surface area contributed by atoms with E-state index in [-0.39, 0.29) is 11.6 Å². The van der Waals surface area contributed by atoms with Gasteiger partial charge in [-0.25, -0.2) is 4.98 Å². The molecule has 1 aliphatic heterocycles. The summed E-state index contributed by atoms with van der Waals surface area (Å²) in [6, 6.07) is 3.32. The average molecular weight is 350 g/mol. The number of likely N-dealkylation sites (tertiary alicyclic amines) is 1. The van der Waals surface area contributed by atoms with Crippen LogP contribution in [0.25, 0.3) is 0 Å². The molecule has 0 saturated carbocycles. The van der Waals surface area contributed by atoms with E-state index in [0.29, 0.717) is 36.5 Å². The van der Waals surface area contributed by atoms with Crippen LogP contribution < -0.4 is 4.74 Å². The highest BCUT2D eigenvalue weighted by molar-refractivity contribution is 6.33. The number of rotatable bonds is 4. The van der Waals surface area contributed by atoms with Crippen LogP contribution in [0, 0.1) is 0 Å². The van der Waals surface area contributed by atoms with Crippen LogP contribution in [-0.4, -0.2) is 50.3 Å². The molecule has 0 aliphatic carbocycles. The molecule has 1 fully saturated rings. The summed E-state index contributed by atoms with van der Waals surface area (Å²) in [5.41, 5.74) is 0.250. The van der Waals surface area contributed by atoms with Gasteiger partial charge in [-0.05, 0) is 25.8 Å². The van der Waals surface area contributed by atoms with Crippen molar-refractivity contribution in [3.63, 3.8) is 0 Å². The number of aromatic nitrogens is 4. The van der Waals surface area contributed by atoms with E-state index >= 15 is 0 Å². The van der Waals surface area contributed by atoms with Gasteiger partial charge in [-0.2, -0.15) is 0 Å². The zero-order valence-corrected chi connectivity index (χ0v) is 14.5. The molecule has 2 aromatic rings. The number of nitrogens with zero attached hydrogens (tertiary/aromatic N) is 5. The van der Waals surface area contributed by atoms with Gasteiger partial charge in [0.1, 0.15) is 12.2 Å². The third-order valence-corrected chi connectivity index (χ3v) is 4.51. The molecule has 0 radical (unpaired) electrons. The maximum Gasteiger partial charge on any atom is 0.274 e. The van der Waals surface area contributed by atoms with Gasteiger partial charge in [0.15, 0.2) is 5.69 Å². The number of aryl methyl sites for hydroxylation is 1. The van der Waals surface area contributed by atoms with Gasteiger partial charge in [0.25, 0.3) is 5.91 Å². The van der Waals surface area contributed by atoms with Crippen molar-refractivity contribution in [3.8, 4) is 5.88 Å². The van der Waals surface area contributed by atoms with Crippen molar-refractivity contribution in [2.24, 2.45) is 7.05 Å². The highest BCUT2D eigenvalue weighted by Crippen LogP contribution is 2.28. The van der Waals surface area contributed by atoms with Crippen molar-refractivity contribution in [1.82, 2.24) is 24.6 Å². The third-order valence-electron chi connectivity index (χ3n) is 4.21.